The molecule has 0 unspecified atom stereocenters. The van der Waals surface area contributed by atoms with Gasteiger partial charge in [-0.15, -0.1) is 11.3 Å². The summed E-state index contributed by atoms with van der Waals surface area (Å²) in [5.74, 6) is 0. The highest BCUT2D eigenvalue weighted by Gasteiger charge is 2.00. The first-order valence-electron chi connectivity index (χ1n) is 4.56. The SMILES string of the molecule is Cc1ccn(Cc2ccc(Cl)s2)c(=O)c1. The second-order valence-corrected chi connectivity index (χ2v) is 5.18. The number of rotatable bonds is 2. The Balaban J connectivity index is 2.28. The molecule has 78 valence electrons. The molecule has 2 rings (SSSR count). The van der Waals surface area contributed by atoms with Crippen LogP contribution in [0.3, 0.4) is 0 Å². The maximum absolute atomic E-state index is 11.6. The Morgan fingerprint density at radius 2 is 2.20 bits per heavy atom. The van der Waals surface area contributed by atoms with Gasteiger partial charge in [-0.25, -0.2) is 0 Å². The minimum absolute atomic E-state index is 0.0273. The minimum atomic E-state index is 0.0273. The van der Waals surface area contributed by atoms with E-state index >= 15 is 0 Å². The molecule has 0 aliphatic rings. The maximum atomic E-state index is 11.6. The predicted octanol–water partition coefficient (Wildman–Crippen LogP) is 2.92. The molecule has 0 saturated carbocycles. The second-order valence-electron chi connectivity index (χ2n) is 3.38. The summed E-state index contributed by atoms with van der Waals surface area (Å²) in [4.78, 5) is 12.7. The van der Waals surface area contributed by atoms with Crippen molar-refractivity contribution in [3.63, 3.8) is 0 Å². The fourth-order valence-electron chi connectivity index (χ4n) is 1.34. The normalized spacial score (nSPS) is 10.5. The monoisotopic (exact) mass is 239 g/mol. The molecule has 2 aromatic heterocycles. The number of aromatic nitrogens is 1. The predicted molar refractivity (Wildman–Crippen MR) is 63.9 cm³/mol. The molecular weight excluding hydrogens is 230 g/mol. The van der Waals surface area contributed by atoms with Gasteiger partial charge in [-0.2, -0.15) is 0 Å². The third-order valence-electron chi connectivity index (χ3n) is 2.11. The van der Waals surface area contributed by atoms with Crippen LogP contribution in [0.4, 0.5) is 0 Å². The Hall–Kier alpha value is -1.06. The molecule has 0 atom stereocenters. The van der Waals surface area contributed by atoms with Gasteiger partial charge < -0.3 is 4.57 Å². The molecule has 0 fully saturated rings. The summed E-state index contributed by atoms with van der Waals surface area (Å²) in [7, 11) is 0. The molecule has 0 aliphatic heterocycles. The van der Waals surface area contributed by atoms with Gasteiger partial charge in [-0.05, 0) is 30.7 Å². The van der Waals surface area contributed by atoms with Gasteiger partial charge in [-0.1, -0.05) is 11.6 Å². The van der Waals surface area contributed by atoms with Crippen molar-refractivity contribution in [2.75, 3.05) is 0 Å². The van der Waals surface area contributed by atoms with E-state index in [4.69, 9.17) is 11.6 Å². The molecule has 0 N–H and O–H groups in total. The van der Waals surface area contributed by atoms with Gasteiger partial charge in [0, 0.05) is 17.1 Å². The summed E-state index contributed by atoms with van der Waals surface area (Å²) in [6.07, 6.45) is 1.81. The van der Waals surface area contributed by atoms with Crippen molar-refractivity contribution in [1.29, 1.82) is 0 Å². The Morgan fingerprint density at radius 1 is 1.40 bits per heavy atom. The largest absolute Gasteiger partial charge is 0.310 e. The van der Waals surface area contributed by atoms with Crippen LogP contribution in [0.1, 0.15) is 10.4 Å². The molecule has 2 aromatic rings. The van der Waals surface area contributed by atoms with E-state index in [1.165, 1.54) is 11.3 Å². The summed E-state index contributed by atoms with van der Waals surface area (Å²) in [6, 6.07) is 7.35. The molecule has 2 heterocycles. The summed E-state index contributed by atoms with van der Waals surface area (Å²) in [6.45, 7) is 2.50. The van der Waals surface area contributed by atoms with Gasteiger partial charge >= 0.3 is 0 Å². The van der Waals surface area contributed by atoms with Crippen molar-refractivity contribution in [1.82, 2.24) is 4.57 Å². The van der Waals surface area contributed by atoms with Crippen molar-refractivity contribution >= 4 is 22.9 Å². The zero-order valence-corrected chi connectivity index (χ0v) is 9.81. The molecule has 0 spiro atoms. The van der Waals surface area contributed by atoms with Crippen molar-refractivity contribution in [3.8, 4) is 0 Å². The van der Waals surface area contributed by atoms with E-state index in [2.05, 4.69) is 0 Å². The number of hydrogen-bond donors (Lipinski definition) is 0. The Kier molecular flexibility index (Phi) is 2.93. The van der Waals surface area contributed by atoms with Crippen LogP contribution in [0.25, 0.3) is 0 Å². The highest BCUT2D eigenvalue weighted by Crippen LogP contribution is 2.21. The van der Waals surface area contributed by atoms with E-state index in [9.17, 15) is 4.79 Å². The lowest BCUT2D eigenvalue weighted by atomic mass is 10.3. The van der Waals surface area contributed by atoms with E-state index in [-0.39, 0.29) is 5.56 Å². The van der Waals surface area contributed by atoms with E-state index < -0.39 is 0 Å². The standard InChI is InChI=1S/C11H10ClNOS/c1-8-4-5-13(11(14)6-8)7-9-2-3-10(12)15-9/h2-6H,7H2,1H3. The molecule has 0 saturated heterocycles. The van der Waals surface area contributed by atoms with E-state index in [0.717, 1.165) is 14.8 Å². The first kappa shape index (κ1) is 10.5. The highest BCUT2D eigenvalue weighted by molar-refractivity contribution is 7.16. The smallest absolute Gasteiger partial charge is 0.251 e. The van der Waals surface area contributed by atoms with Gasteiger partial charge in [0.2, 0.25) is 0 Å². The van der Waals surface area contributed by atoms with Crippen LogP contribution in [0.15, 0.2) is 35.3 Å². The van der Waals surface area contributed by atoms with Gasteiger partial charge in [-0.3, -0.25) is 4.79 Å². The van der Waals surface area contributed by atoms with Crippen molar-refractivity contribution in [3.05, 3.63) is 55.6 Å². The molecule has 0 radical (unpaired) electrons. The first-order valence-corrected chi connectivity index (χ1v) is 5.76. The van der Waals surface area contributed by atoms with Crippen molar-refractivity contribution in [2.24, 2.45) is 0 Å². The third-order valence-corrected chi connectivity index (χ3v) is 3.32. The fraction of sp³-hybridized carbons (Fsp3) is 0.182. The second kappa shape index (κ2) is 4.21. The van der Waals surface area contributed by atoms with E-state index in [1.807, 2.05) is 31.3 Å². The average Bonchev–Trinajstić information content (AvgIpc) is 2.56. The molecule has 2 nitrogen and oxygen atoms in total. The number of aryl methyl sites for hydroxylation is 1. The van der Waals surface area contributed by atoms with Gasteiger partial charge in [0.15, 0.2) is 0 Å². The molecule has 0 aliphatic carbocycles. The minimum Gasteiger partial charge on any atom is -0.310 e. The Morgan fingerprint density at radius 3 is 2.80 bits per heavy atom. The Bertz CT molecular complexity index is 529. The lowest BCUT2D eigenvalue weighted by molar-refractivity contribution is 0.767. The molecule has 0 bridgehead atoms. The molecule has 4 heteroatoms. The zero-order valence-electron chi connectivity index (χ0n) is 8.24. The van der Waals surface area contributed by atoms with Crippen LogP contribution in [0, 0.1) is 6.92 Å². The summed E-state index contributed by atoms with van der Waals surface area (Å²) in [5, 5.41) is 0. The quantitative estimate of drug-likeness (QED) is 0.790. The van der Waals surface area contributed by atoms with Crippen molar-refractivity contribution < 1.29 is 0 Å². The van der Waals surface area contributed by atoms with Gasteiger partial charge in [0.1, 0.15) is 0 Å². The van der Waals surface area contributed by atoms with E-state index in [1.54, 1.807) is 10.6 Å². The third kappa shape index (κ3) is 2.49. The van der Waals surface area contributed by atoms with Crippen LogP contribution >= 0.6 is 22.9 Å². The van der Waals surface area contributed by atoms with Crippen LogP contribution in [0.5, 0.6) is 0 Å². The molecular formula is C11H10ClNOS. The summed E-state index contributed by atoms with van der Waals surface area (Å²) >= 11 is 7.32. The molecule has 0 aromatic carbocycles. The molecule has 0 amide bonds. The van der Waals surface area contributed by atoms with Crippen LogP contribution < -0.4 is 5.56 Å². The zero-order chi connectivity index (χ0) is 10.8. The summed E-state index contributed by atoms with van der Waals surface area (Å²) in [5.41, 5.74) is 1.01. The Labute approximate surface area is 96.8 Å². The topological polar surface area (TPSA) is 22.0 Å². The molecule has 15 heavy (non-hydrogen) atoms. The van der Waals surface area contributed by atoms with E-state index in [0.29, 0.717) is 6.54 Å². The van der Waals surface area contributed by atoms with Gasteiger partial charge in [0.05, 0.1) is 10.9 Å². The number of pyridine rings is 1. The van der Waals surface area contributed by atoms with Gasteiger partial charge in [0.25, 0.3) is 5.56 Å². The van der Waals surface area contributed by atoms with Crippen LogP contribution in [0.2, 0.25) is 4.34 Å². The lowest BCUT2D eigenvalue weighted by Gasteiger charge is -2.03. The number of halogens is 1. The maximum Gasteiger partial charge on any atom is 0.251 e. The lowest BCUT2D eigenvalue weighted by Crippen LogP contribution is -2.18. The fourth-order valence-corrected chi connectivity index (χ4v) is 2.43. The number of thiophene rings is 1. The average molecular weight is 240 g/mol. The summed E-state index contributed by atoms with van der Waals surface area (Å²) < 4.78 is 2.43. The highest BCUT2D eigenvalue weighted by atomic mass is 35.5. The van der Waals surface area contributed by atoms with Crippen molar-refractivity contribution in [2.45, 2.75) is 13.5 Å². The first-order chi connectivity index (χ1) is 7.15. The van der Waals surface area contributed by atoms with Crippen LogP contribution in [-0.4, -0.2) is 4.57 Å². The number of nitrogens with zero attached hydrogens (tertiary/aromatic N) is 1. The van der Waals surface area contributed by atoms with Crippen LogP contribution in [-0.2, 0) is 6.54 Å². The number of hydrogen-bond acceptors (Lipinski definition) is 2.